The first kappa shape index (κ1) is 38.0. The number of fused-ring (bicyclic) bond motifs is 5. The minimum Gasteiger partial charge on any atom is -0.494 e. The average molecular weight is 740 g/mol. The Balaban J connectivity index is 1.30. The van der Waals surface area contributed by atoms with E-state index in [1.165, 1.54) is 92.6 Å². The summed E-state index contributed by atoms with van der Waals surface area (Å²) in [6.07, 6.45) is 18.1. The predicted octanol–water partition coefficient (Wildman–Crippen LogP) is 11.5. The molecule has 4 aliphatic rings. The van der Waals surface area contributed by atoms with E-state index in [4.69, 9.17) is 42.1 Å². The zero-order valence-electron chi connectivity index (χ0n) is 31.5. The highest BCUT2D eigenvalue weighted by Crippen LogP contribution is 2.68. The van der Waals surface area contributed by atoms with Crippen LogP contribution < -0.4 is 9.47 Å². The first-order valence-corrected chi connectivity index (χ1v) is 19.8. The van der Waals surface area contributed by atoms with Crippen molar-refractivity contribution in [3.05, 3.63) is 62.6 Å². The van der Waals surface area contributed by atoms with Crippen molar-refractivity contribution in [2.45, 2.75) is 97.8 Å². The summed E-state index contributed by atoms with van der Waals surface area (Å²) in [6, 6.07) is 7.01. The Morgan fingerprint density at radius 1 is 0.765 bits per heavy atom. The smallest absolute Gasteiger partial charge is 0.341 e. The second-order valence-corrected chi connectivity index (χ2v) is 17.2. The Kier molecular flexibility index (Phi) is 11.4. The second-order valence-electron chi connectivity index (χ2n) is 16.4. The molecule has 8 atom stereocenters. The van der Waals surface area contributed by atoms with Crippen LogP contribution in [-0.2, 0) is 9.47 Å². The van der Waals surface area contributed by atoms with E-state index in [1.807, 2.05) is 0 Å². The Labute approximate surface area is 314 Å². The highest BCUT2D eigenvalue weighted by molar-refractivity contribution is 6.33. The maximum atomic E-state index is 12.9. The standard InChI is InChI=1S/C43H56Cl2O6/c1-25(33-16-17-34-30-15-14-28-12-8-9-19-42(28,2)35(30)18-20-43(33,34)3)11-10-13-29(26-21-31(40(46)50-6)38(48-4)36(44)23-26)27-22-32(41(47)51-7)39(49-5)37(45)24-27/h13,21-25,28,30,33-35H,8-12,14-20H2,1-7H3. The topological polar surface area (TPSA) is 71.1 Å². The van der Waals surface area contributed by atoms with Gasteiger partial charge >= 0.3 is 11.9 Å². The molecule has 0 aliphatic heterocycles. The highest BCUT2D eigenvalue weighted by atomic mass is 35.5. The van der Waals surface area contributed by atoms with Gasteiger partial charge in [0, 0.05) is 0 Å². The normalized spacial score (nSPS) is 30.3. The molecule has 0 aromatic heterocycles. The van der Waals surface area contributed by atoms with Gasteiger partial charge in [0.1, 0.15) is 11.1 Å². The summed E-state index contributed by atoms with van der Waals surface area (Å²) in [6.45, 7) is 7.76. The Morgan fingerprint density at radius 3 is 1.92 bits per heavy atom. The number of rotatable bonds is 10. The molecule has 0 spiro atoms. The summed E-state index contributed by atoms with van der Waals surface area (Å²) in [5.74, 6) is 4.19. The van der Waals surface area contributed by atoms with Crippen LogP contribution in [0.1, 0.15) is 130 Å². The number of benzene rings is 2. The molecule has 0 bridgehead atoms. The van der Waals surface area contributed by atoms with Crippen molar-refractivity contribution in [1.29, 1.82) is 0 Å². The summed E-state index contributed by atoms with van der Waals surface area (Å²) >= 11 is 13.4. The van der Waals surface area contributed by atoms with Crippen molar-refractivity contribution in [2.75, 3.05) is 28.4 Å². The number of ether oxygens (including phenoxy) is 4. The molecule has 4 saturated carbocycles. The molecule has 4 fully saturated rings. The van der Waals surface area contributed by atoms with Crippen LogP contribution >= 0.6 is 23.2 Å². The van der Waals surface area contributed by atoms with Crippen molar-refractivity contribution in [3.8, 4) is 11.5 Å². The van der Waals surface area contributed by atoms with Crippen LogP contribution in [0.4, 0.5) is 0 Å². The molecule has 51 heavy (non-hydrogen) atoms. The van der Waals surface area contributed by atoms with Crippen LogP contribution in [0.15, 0.2) is 30.3 Å². The van der Waals surface area contributed by atoms with E-state index in [0.29, 0.717) is 33.8 Å². The molecular weight excluding hydrogens is 683 g/mol. The highest BCUT2D eigenvalue weighted by Gasteiger charge is 2.60. The van der Waals surface area contributed by atoms with Gasteiger partial charge in [0.15, 0.2) is 11.5 Å². The molecule has 0 saturated heterocycles. The summed E-state index contributed by atoms with van der Waals surface area (Å²) < 4.78 is 21.1. The van der Waals surface area contributed by atoms with Gasteiger partial charge in [-0.15, -0.1) is 0 Å². The second kappa shape index (κ2) is 15.3. The van der Waals surface area contributed by atoms with Crippen LogP contribution in [0.5, 0.6) is 11.5 Å². The van der Waals surface area contributed by atoms with Gasteiger partial charge in [-0.1, -0.05) is 62.9 Å². The number of carbonyl (C=O) groups is 2. The molecule has 8 heteroatoms. The Bertz CT molecular complexity index is 1590. The number of methoxy groups -OCH3 is 4. The first-order valence-electron chi connectivity index (χ1n) is 19.0. The lowest BCUT2D eigenvalue weighted by Crippen LogP contribution is -2.53. The van der Waals surface area contributed by atoms with Gasteiger partial charge in [0.2, 0.25) is 0 Å². The van der Waals surface area contributed by atoms with Gasteiger partial charge in [0.05, 0.1) is 38.5 Å². The average Bonchev–Trinajstić information content (AvgIpc) is 3.49. The minimum absolute atomic E-state index is 0.214. The summed E-state index contributed by atoms with van der Waals surface area (Å²) in [5.41, 5.74) is 3.54. The molecule has 8 unspecified atom stereocenters. The third kappa shape index (κ3) is 6.82. The van der Waals surface area contributed by atoms with Gasteiger partial charge in [-0.3, -0.25) is 0 Å². The molecular formula is C43H56Cl2O6. The van der Waals surface area contributed by atoms with E-state index >= 15 is 0 Å². The molecule has 0 radical (unpaired) electrons. The third-order valence-electron chi connectivity index (χ3n) is 14.2. The predicted molar refractivity (Wildman–Crippen MR) is 204 cm³/mol. The Morgan fingerprint density at radius 2 is 1.35 bits per heavy atom. The van der Waals surface area contributed by atoms with Crippen molar-refractivity contribution >= 4 is 40.7 Å². The minimum atomic E-state index is -0.559. The molecule has 6 nitrogen and oxygen atoms in total. The lowest BCUT2D eigenvalue weighted by atomic mass is 9.44. The summed E-state index contributed by atoms with van der Waals surface area (Å²) in [4.78, 5) is 25.7. The number of esters is 2. The number of hydrogen-bond donors (Lipinski definition) is 0. The van der Waals surface area contributed by atoms with Gasteiger partial charge in [0.25, 0.3) is 0 Å². The van der Waals surface area contributed by atoms with Gasteiger partial charge < -0.3 is 18.9 Å². The van der Waals surface area contributed by atoms with E-state index in [0.717, 1.165) is 42.1 Å². The van der Waals surface area contributed by atoms with E-state index in [1.54, 1.807) is 24.3 Å². The quantitative estimate of drug-likeness (QED) is 0.226. The molecule has 6 rings (SSSR count). The SMILES string of the molecule is COC(=O)c1cc(C(=CCCC(C)C2CCC3C4CCC5CCCCC5(C)C4CCC23C)c2cc(Cl)c(OC)c(C(=O)OC)c2)cc(Cl)c1OC. The largest absolute Gasteiger partial charge is 0.494 e. The van der Waals surface area contributed by atoms with E-state index in [-0.39, 0.29) is 32.7 Å². The fraction of sp³-hybridized carbons (Fsp3) is 0.628. The number of allylic oxidation sites excluding steroid dienone is 1. The monoisotopic (exact) mass is 738 g/mol. The number of carbonyl (C=O) groups excluding carboxylic acids is 2. The first-order chi connectivity index (χ1) is 24.4. The maximum Gasteiger partial charge on any atom is 0.341 e. The fourth-order valence-corrected chi connectivity index (χ4v) is 12.4. The van der Waals surface area contributed by atoms with Crippen LogP contribution in [-0.4, -0.2) is 40.4 Å². The van der Waals surface area contributed by atoms with E-state index in [9.17, 15) is 9.59 Å². The van der Waals surface area contributed by atoms with Crippen LogP contribution in [0.25, 0.3) is 5.57 Å². The zero-order chi connectivity index (χ0) is 36.7. The molecule has 4 aliphatic carbocycles. The lowest BCUT2D eigenvalue weighted by Gasteiger charge is -2.61. The number of hydrogen-bond acceptors (Lipinski definition) is 6. The van der Waals surface area contributed by atoms with Gasteiger partial charge in [-0.05, 0) is 152 Å². The van der Waals surface area contributed by atoms with Crippen molar-refractivity contribution in [1.82, 2.24) is 0 Å². The van der Waals surface area contributed by atoms with E-state index in [2.05, 4.69) is 26.8 Å². The Hall–Kier alpha value is -2.70. The fourth-order valence-electron chi connectivity index (χ4n) is 11.8. The molecule has 0 N–H and O–H groups in total. The summed E-state index contributed by atoms with van der Waals surface area (Å²) in [5, 5.41) is 0.554. The van der Waals surface area contributed by atoms with Crippen molar-refractivity contribution < 1.29 is 28.5 Å². The van der Waals surface area contributed by atoms with Gasteiger partial charge in [-0.25, -0.2) is 9.59 Å². The molecule has 0 amide bonds. The molecule has 2 aromatic rings. The van der Waals surface area contributed by atoms with Crippen LogP contribution in [0, 0.1) is 46.3 Å². The summed E-state index contributed by atoms with van der Waals surface area (Å²) in [7, 11) is 5.60. The third-order valence-corrected chi connectivity index (χ3v) is 14.8. The van der Waals surface area contributed by atoms with E-state index < -0.39 is 11.9 Å². The lowest BCUT2D eigenvalue weighted by molar-refractivity contribution is -0.114. The maximum absolute atomic E-state index is 12.9. The number of halogens is 2. The molecule has 2 aromatic carbocycles. The van der Waals surface area contributed by atoms with Crippen LogP contribution in [0.3, 0.4) is 0 Å². The zero-order valence-corrected chi connectivity index (χ0v) is 33.1. The van der Waals surface area contributed by atoms with Crippen molar-refractivity contribution in [3.63, 3.8) is 0 Å². The van der Waals surface area contributed by atoms with Crippen molar-refractivity contribution in [2.24, 2.45) is 46.3 Å². The molecule has 0 heterocycles. The van der Waals surface area contributed by atoms with Crippen LogP contribution in [0.2, 0.25) is 10.0 Å². The molecule has 278 valence electrons. The van der Waals surface area contributed by atoms with Gasteiger partial charge in [-0.2, -0.15) is 0 Å².